The Hall–Kier alpha value is -3.42. The zero-order valence-corrected chi connectivity index (χ0v) is 20.9. The van der Waals surface area contributed by atoms with Crippen molar-refractivity contribution in [2.45, 2.75) is 37.6 Å². The number of nitrogens with zero attached hydrogens (tertiary/aromatic N) is 5. The van der Waals surface area contributed by atoms with E-state index in [9.17, 15) is 0 Å². The maximum atomic E-state index is 6.39. The van der Waals surface area contributed by atoms with E-state index in [4.69, 9.17) is 10.5 Å². The maximum absolute atomic E-state index is 6.39. The molecule has 2 fully saturated rings. The lowest BCUT2D eigenvalue weighted by Crippen LogP contribution is -2.49. The van der Waals surface area contributed by atoms with Gasteiger partial charge in [0.2, 0.25) is 0 Å². The fourth-order valence-corrected chi connectivity index (χ4v) is 5.85. The highest BCUT2D eigenvalue weighted by Gasteiger charge is 2.30. The number of likely N-dealkylation sites (N-methyl/N-ethyl adjacent to an activating group) is 1. The van der Waals surface area contributed by atoms with Crippen LogP contribution in [0, 0.1) is 0 Å². The third kappa shape index (κ3) is 4.56. The first-order valence-electron chi connectivity index (χ1n) is 13.0. The molecule has 1 saturated carbocycles. The Morgan fingerprint density at radius 3 is 2.28 bits per heavy atom. The van der Waals surface area contributed by atoms with Gasteiger partial charge in [-0.25, -0.2) is 9.50 Å². The molecule has 2 aromatic heterocycles. The Kier molecular flexibility index (Phi) is 6.34. The van der Waals surface area contributed by atoms with E-state index >= 15 is 0 Å². The molecule has 3 heterocycles. The summed E-state index contributed by atoms with van der Waals surface area (Å²) < 4.78 is 8.02. The SMILES string of the molecule is CN1CCN([C@H]2CC[C@@H](c3cc(-c4ccc(Oc5ccccc5)cc4)c4c(N)ncnn43)CC2)CC1. The molecule has 1 aliphatic heterocycles. The largest absolute Gasteiger partial charge is 0.457 e. The first-order valence-corrected chi connectivity index (χ1v) is 13.0. The average Bonchev–Trinajstić information content (AvgIpc) is 3.31. The summed E-state index contributed by atoms with van der Waals surface area (Å²) in [5, 5.41) is 4.64. The highest BCUT2D eigenvalue weighted by Crippen LogP contribution is 2.40. The Balaban J connectivity index is 1.24. The fraction of sp³-hybridized carbons (Fsp3) is 0.379. The number of nitrogens with two attached hydrogens (primary N) is 1. The third-order valence-electron chi connectivity index (χ3n) is 7.92. The van der Waals surface area contributed by atoms with Gasteiger partial charge in [0.05, 0.1) is 0 Å². The van der Waals surface area contributed by atoms with Crippen LogP contribution < -0.4 is 10.5 Å². The molecule has 1 aliphatic carbocycles. The highest BCUT2D eigenvalue weighted by molar-refractivity contribution is 5.88. The Morgan fingerprint density at radius 1 is 0.861 bits per heavy atom. The molecule has 0 unspecified atom stereocenters. The number of anilines is 1. The van der Waals surface area contributed by atoms with Crippen LogP contribution in [0.3, 0.4) is 0 Å². The number of hydrogen-bond acceptors (Lipinski definition) is 6. The average molecular weight is 483 g/mol. The van der Waals surface area contributed by atoms with Gasteiger partial charge in [-0.05, 0) is 68.6 Å². The van der Waals surface area contributed by atoms with Crippen molar-refractivity contribution in [3.05, 3.63) is 72.7 Å². The standard InChI is InChI=1S/C29H34N6O/c1-33-15-17-34(18-16-33)23-11-7-22(8-12-23)27-19-26(28-29(30)31-20-32-35(27)28)21-9-13-25(14-10-21)36-24-5-3-2-4-6-24/h2-6,9-10,13-14,19-20,22-23H,7-8,11-12,15-18H2,1H3,(H2,30,31,32)/t22-,23+. The molecule has 1 saturated heterocycles. The zero-order valence-electron chi connectivity index (χ0n) is 20.9. The van der Waals surface area contributed by atoms with E-state index < -0.39 is 0 Å². The van der Waals surface area contributed by atoms with Crippen molar-refractivity contribution in [1.82, 2.24) is 24.4 Å². The number of ether oxygens (including phenoxy) is 1. The van der Waals surface area contributed by atoms with Crippen LogP contribution in [0.5, 0.6) is 11.5 Å². The predicted octanol–water partition coefficient (Wildman–Crippen LogP) is 5.04. The summed E-state index contributed by atoms with van der Waals surface area (Å²) >= 11 is 0. The van der Waals surface area contributed by atoms with Crippen molar-refractivity contribution in [1.29, 1.82) is 0 Å². The van der Waals surface area contributed by atoms with Crippen LogP contribution in [0.25, 0.3) is 16.6 Å². The van der Waals surface area contributed by atoms with Crippen molar-refractivity contribution in [2.75, 3.05) is 39.0 Å². The van der Waals surface area contributed by atoms with Crippen LogP contribution in [0.4, 0.5) is 5.82 Å². The molecule has 0 spiro atoms. The van der Waals surface area contributed by atoms with Crippen LogP contribution in [0.2, 0.25) is 0 Å². The number of para-hydroxylation sites is 1. The number of hydrogen-bond donors (Lipinski definition) is 1. The van der Waals surface area contributed by atoms with Gasteiger partial charge in [-0.3, -0.25) is 4.90 Å². The second kappa shape index (κ2) is 9.91. The summed E-state index contributed by atoms with van der Waals surface area (Å²) in [5.74, 6) is 2.62. The molecule has 2 N–H and O–H groups in total. The van der Waals surface area contributed by atoms with Crippen molar-refractivity contribution >= 4 is 11.3 Å². The molecule has 4 aromatic rings. The molecule has 36 heavy (non-hydrogen) atoms. The minimum absolute atomic E-state index is 0.477. The summed E-state index contributed by atoms with van der Waals surface area (Å²) in [6.07, 6.45) is 6.40. The van der Waals surface area contributed by atoms with E-state index in [2.05, 4.69) is 45.1 Å². The topological polar surface area (TPSA) is 71.9 Å². The molecule has 7 nitrogen and oxygen atoms in total. The Morgan fingerprint density at radius 2 is 1.56 bits per heavy atom. The number of rotatable bonds is 5. The van der Waals surface area contributed by atoms with Gasteiger partial charge in [-0.1, -0.05) is 30.3 Å². The van der Waals surface area contributed by atoms with Crippen molar-refractivity contribution in [3.8, 4) is 22.6 Å². The number of piperazine rings is 1. The van der Waals surface area contributed by atoms with Gasteiger partial charge >= 0.3 is 0 Å². The van der Waals surface area contributed by atoms with E-state index in [1.807, 2.05) is 47.0 Å². The molecular weight excluding hydrogens is 448 g/mol. The van der Waals surface area contributed by atoms with E-state index in [0.717, 1.165) is 28.1 Å². The number of fused-ring (bicyclic) bond motifs is 1. The second-order valence-electron chi connectivity index (χ2n) is 10.2. The quantitative estimate of drug-likeness (QED) is 0.429. The van der Waals surface area contributed by atoms with Crippen LogP contribution in [-0.2, 0) is 0 Å². The summed E-state index contributed by atoms with van der Waals surface area (Å²) in [7, 11) is 2.22. The number of benzene rings is 2. The third-order valence-corrected chi connectivity index (χ3v) is 7.92. The van der Waals surface area contributed by atoms with E-state index in [1.54, 1.807) is 6.33 Å². The van der Waals surface area contributed by atoms with E-state index in [1.165, 1.54) is 57.6 Å². The first-order chi connectivity index (χ1) is 17.7. The first kappa shape index (κ1) is 23.0. The fourth-order valence-electron chi connectivity index (χ4n) is 5.85. The van der Waals surface area contributed by atoms with Gasteiger partial charge < -0.3 is 15.4 Å². The summed E-state index contributed by atoms with van der Waals surface area (Å²) in [6.45, 7) is 4.74. The van der Waals surface area contributed by atoms with Crippen LogP contribution in [0.1, 0.15) is 37.3 Å². The minimum atomic E-state index is 0.477. The second-order valence-corrected chi connectivity index (χ2v) is 10.2. The predicted molar refractivity (Wildman–Crippen MR) is 143 cm³/mol. The smallest absolute Gasteiger partial charge is 0.151 e. The summed E-state index contributed by atoms with van der Waals surface area (Å²) in [6, 6.07) is 21.0. The molecular formula is C29H34N6O. The van der Waals surface area contributed by atoms with Crippen molar-refractivity contribution in [3.63, 3.8) is 0 Å². The monoisotopic (exact) mass is 482 g/mol. The Bertz CT molecular complexity index is 1300. The van der Waals surface area contributed by atoms with E-state index in [-0.39, 0.29) is 0 Å². The number of aromatic nitrogens is 3. The Labute approximate surface area is 212 Å². The highest BCUT2D eigenvalue weighted by atomic mass is 16.5. The summed E-state index contributed by atoms with van der Waals surface area (Å²) in [5.41, 5.74) is 10.7. The van der Waals surface area contributed by atoms with Crippen molar-refractivity contribution < 1.29 is 4.74 Å². The zero-order chi connectivity index (χ0) is 24.5. The van der Waals surface area contributed by atoms with Gasteiger partial charge in [0.1, 0.15) is 23.3 Å². The lowest BCUT2D eigenvalue weighted by Gasteiger charge is -2.41. The lowest BCUT2D eigenvalue weighted by atomic mass is 9.83. The molecule has 186 valence electrons. The van der Waals surface area contributed by atoms with Gasteiger partial charge in [0.25, 0.3) is 0 Å². The van der Waals surface area contributed by atoms with Gasteiger partial charge in [-0.2, -0.15) is 5.10 Å². The lowest BCUT2D eigenvalue weighted by molar-refractivity contribution is 0.0874. The number of nitrogen functional groups attached to an aromatic ring is 1. The molecule has 6 rings (SSSR count). The summed E-state index contributed by atoms with van der Waals surface area (Å²) in [4.78, 5) is 9.45. The molecule has 0 radical (unpaired) electrons. The molecule has 2 aromatic carbocycles. The van der Waals surface area contributed by atoms with E-state index in [0.29, 0.717) is 17.8 Å². The normalized spacial score (nSPS) is 21.6. The van der Waals surface area contributed by atoms with Crippen LogP contribution >= 0.6 is 0 Å². The van der Waals surface area contributed by atoms with Gasteiger partial charge in [-0.15, -0.1) is 0 Å². The van der Waals surface area contributed by atoms with Crippen molar-refractivity contribution in [2.24, 2.45) is 0 Å². The molecule has 0 amide bonds. The van der Waals surface area contributed by atoms with Crippen LogP contribution in [0.15, 0.2) is 67.0 Å². The van der Waals surface area contributed by atoms with Crippen LogP contribution in [-0.4, -0.2) is 63.7 Å². The molecule has 2 aliphatic rings. The molecule has 0 atom stereocenters. The van der Waals surface area contributed by atoms with Gasteiger partial charge in [0, 0.05) is 49.4 Å². The minimum Gasteiger partial charge on any atom is -0.457 e. The molecule has 0 bridgehead atoms. The molecule has 7 heteroatoms. The maximum Gasteiger partial charge on any atom is 0.151 e. The van der Waals surface area contributed by atoms with Gasteiger partial charge in [0.15, 0.2) is 5.82 Å².